The van der Waals surface area contributed by atoms with Crippen molar-refractivity contribution in [1.29, 1.82) is 0 Å². The number of rotatable bonds is 0. The van der Waals surface area contributed by atoms with E-state index < -0.39 is 4.87 Å². The first-order chi connectivity index (χ1) is 5.58. The Morgan fingerprint density at radius 1 is 1.33 bits per heavy atom. The Kier molecular flexibility index (Phi) is 1.66. The smallest absolute Gasteiger partial charge is 0.331 e. The summed E-state index contributed by atoms with van der Waals surface area (Å²) in [5.74, 6) is -0.244. The molecule has 2 nitrogen and oxygen atoms in total. The lowest BCUT2D eigenvalue weighted by atomic mass is 9.72. The van der Waals surface area contributed by atoms with E-state index in [0.717, 1.165) is 25.7 Å². The van der Waals surface area contributed by atoms with E-state index in [-0.39, 0.29) is 11.6 Å². The van der Waals surface area contributed by atoms with Gasteiger partial charge in [0.05, 0.1) is 0 Å². The molecule has 0 N–H and O–H groups in total. The lowest BCUT2D eigenvalue weighted by Crippen LogP contribution is -2.68. The van der Waals surface area contributed by atoms with Crippen LogP contribution in [0.15, 0.2) is 0 Å². The molecule has 1 aliphatic carbocycles. The van der Waals surface area contributed by atoms with Crippen molar-refractivity contribution < 1.29 is 9.53 Å². The van der Waals surface area contributed by atoms with Crippen LogP contribution in [0.4, 0.5) is 0 Å². The predicted octanol–water partition coefficient (Wildman–Crippen LogP) is 2.24. The Bertz CT molecular complexity index is 217. The van der Waals surface area contributed by atoms with Gasteiger partial charge in [0.2, 0.25) is 0 Å². The van der Waals surface area contributed by atoms with Crippen LogP contribution in [-0.2, 0) is 9.53 Å². The van der Waals surface area contributed by atoms with Gasteiger partial charge >= 0.3 is 5.97 Å². The second kappa shape index (κ2) is 2.38. The van der Waals surface area contributed by atoms with Crippen LogP contribution in [0.2, 0.25) is 0 Å². The molecule has 1 saturated heterocycles. The highest BCUT2D eigenvalue weighted by atomic mass is 35.5. The summed E-state index contributed by atoms with van der Waals surface area (Å²) in [6.07, 6.45) is 5.40. The van der Waals surface area contributed by atoms with E-state index in [0.29, 0.717) is 0 Å². The highest BCUT2D eigenvalue weighted by Crippen LogP contribution is 2.51. The Hall–Kier alpha value is -0.240. The molecule has 2 rings (SSSR count). The van der Waals surface area contributed by atoms with Crippen LogP contribution < -0.4 is 0 Å². The largest absolute Gasteiger partial charge is 0.455 e. The molecule has 0 aromatic carbocycles. The average molecular weight is 189 g/mol. The molecule has 68 valence electrons. The van der Waals surface area contributed by atoms with Crippen molar-refractivity contribution >= 4 is 17.6 Å². The van der Waals surface area contributed by atoms with E-state index in [9.17, 15) is 4.79 Å². The predicted molar refractivity (Wildman–Crippen MR) is 46.2 cm³/mol. The average Bonchev–Trinajstić information content (AvgIpc) is 2.06. The maximum Gasteiger partial charge on any atom is 0.331 e. The molecule has 1 heterocycles. The molecule has 1 aliphatic heterocycles. The van der Waals surface area contributed by atoms with Crippen LogP contribution in [0.1, 0.15) is 39.0 Å². The minimum absolute atomic E-state index is 0.244. The molecule has 1 saturated carbocycles. The highest BCUT2D eigenvalue weighted by molar-refractivity contribution is 6.36. The monoisotopic (exact) mass is 188 g/mol. The van der Waals surface area contributed by atoms with Crippen molar-refractivity contribution in [1.82, 2.24) is 0 Å². The molecule has 1 spiro atoms. The second-order valence-electron chi connectivity index (χ2n) is 3.95. The Morgan fingerprint density at radius 3 is 2.33 bits per heavy atom. The zero-order valence-corrected chi connectivity index (χ0v) is 7.99. The third-order valence-corrected chi connectivity index (χ3v) is 3.69. The van der Waals surface area contributed by atoms with Crippen LogP contribution in [0, 0.1) is 0 Å². The number of hydrogen-bond donors (Lipinski definition) is 0. The van der Waals surface area contributed by atoms with E-state index in [1.807, 2.05) is 0 Å². The van der Waals surface area contributed by atoms with E-state index in [1.54, 1.807) is 6.92 Å². The van der Waals surface area contributed by atoms with Gasteiger partial charge in [-0.1, -0.05) is 6.42 Å². The third-order valence-electron chi connectivity index (χ3n) is 3.19. The maximum absolute atomic E-state index is 11.1. The number of carbonyl (C=O) groups excluding carboxylic acids is 1. The number of alkyl halides is 1. The Morgan fingerprint density at radius 2 is 1.92 bits per heavy atom. The van der Waals surface area contributed by atoms with E-state index in [4.69, 9.17) is 16.3 Å². The second-order valence-corrected chi connectivity index (χ2v) is 4.70. The Labute approximate surface area is 77.2 Å². The third kappa shape index (κ3) is 0.846. The number of esters is 1. The summed E-state index contributed by atoms with van der Waals surface area (Å²) in [7, 11) is 0. The molecule has 3 heteroatoms. The zero-order valence-electron chi connectivity index (χ0n) is 7.23. The number of carbonyl (C=O) groups is 1. The number of hydrogen-bond acceptors (Lipinski definition) is 2. The lowest BCUT2D eigenvalue weighted by molar-refractivity contribution is -0.210. The van der Waals surface area contributed by atoms with Gasteiger partial charge in [-0.2, -0.15) is 0 Å². The van der Waals surface area contributed by atoms with Crippen molar-refractivity contribution in [2.24, 2.45) is 0 Å². The first-order valence-electron chi connectivity index (χ1n) is 4.51. The van der Waals surface area contributed by atoms with Gasteiger partial charge in [0, 0.05) is 0 Å². The van der Waals surface area contributed by atoms with Crippen molar-refractivity contribution in [2.45, 2.75) is 49.5 Å². The molecule has 12 heavy (non-hydrogen) atoms. The van der Waals surface area contributed by atoms with Crippen molar-refractivity contribution in [3.05, 3.63) is 0 Å². The normalized spacial score (nSPS) is 39.0. The summed E-state index contributed by atoms with van der Waals surface area (Å²) in [5.41, 5.74) is -0.316. The van der Waals surface area contributed by atoms with Crippen molar-refractivity contribution in [3.63, 3.8) is 0 Å². The van der Waals surface area contributed by atoms with Crippen LogP contribution in [0.5, 0.6) is 0 Å². The topological polar surface area (TPSA) is 26.3 Å². The standard InChI is InChI=1S/C9H13ClO2/c1-8(10)7(11)12-9(8)5-3-2-4-6-9/h2-6H2,1H3/t8-/m1/s1. The van der Waals surface area contributed by atoms with Crippen molar-refractivity contribution in [3.8, 4) is 0 Å². The summed E-state index contributed by atoms with van der Waals surface area (Å²) in [5, 5.41) is 0. The molecule has 0 aromatic heterocycles. The molecular formula is C9H13ClO2. The minimum Gasteiger partial charge on any atom is -0.455 e. The van der Waals surface area contributed by atoms with Gasteiger partial charge in [-0.05, 0) is 32.6 Å². The summed E-state index contributed by atoms with van der Waals surface area (Å²) in [4.78, 5) is 10.3. The quantitative estimate of drug-likeness (QED) is 0.431. The van der Waals surface area contributed by atoms with E-state index >= 15 is 0 Å². The SMILES string of the molecule is C[C@@]1(Cl)C(=O)OC12CCCCC2. The molecule has 0 amide bonds. The fraction of sp³-hybridized carbons (Fsp3) is 0.889. The fourth-order valence-electron chi connectivity index (χ4n) is 2.20. The van der Waals surface area contributed by atoms with Crippen LogP contribution in [0.25, 0.3) is 0 Å². The molecule has 1 atom stereocenters. The van der Waals surface area contributed by atoms with Gasteiger partial charge in [0.1, 0.15) is 5.60 Å². The molecule has 2 aliphatic rings. The lowest BCUT2D eigenvalue weighted by Gasteiger charge is -2.53. The molecule has 0 unspecified atom stereocenters. The van der Waals surface area contributed by atoms with E-state index in [2.05, 4.69) is 0 Å². The summed E-state index contributed by atoms with van der Waals surface area (Å²) < 4.78 is 5.21. The summed E-state index contributed by atoms with van der Waals surface area (Å²) >= 11 is 6.12. The molecule has 2 fully saturated rings. The van der Waals surface area contributed by atoms with Gasteiger partial charge in [-0.15, -0.1) is 11.6 Å². The van der Waals surface area contributed by atoms with Crippen molar-refractivity contribution in [2.75, 3.05) is 0 Å². The highest BCUT2D eigenvalue weighted by Gasteiger charge is 2.65. The Balaban J connectivity index is 2.17. The van der Waals surface area contributed by atoms with Gasteiger partial charge in [-0.3, -0.25) is 0 Å². The molecule has 0 bridgehead atoms. The van der Waals surface area contributed by atoms with E-state index in [1.165, 1.54) is 6.42 Å². The van der Waals surface area contributed by atoms with Gasteiger partial charge in [-0.25, -0.2) is 4.79 Å². The first-order valence-corrected chi connectivity index (χ1v) is 4.89. The number of halogens is 1. The first kappa shape index (κ1) is 8.36. The van der Waals surface area contributed by atoms with Gasteiger partial charge < -0.3 is 4.74 Å². The van der Waals surface area contributed by atoms with Gasteiger partial charge in [0.15, 0.2) is 4.87 Å². The maximum atomic E-state index is 11.1. The summed E-state index contributed by atoms with van der Waals surface area (Å²) in [6, 6.07) is 0. The molecular weight excluding hydrogens is 176 g/mol. The molecule has 0 radical (unpaired) electrons. The minimum atomic E-state index is -0.743. The van der Waals surface area contributed by atoms with Gasteiger partial charge in [0.25, 0.3) is 0 Å². The number of ether oxygens (including phenoxy) is 1. The van der Waals surface area contributed by atoms with Crippen LogP contribution in [-0.4, -0.2) is 16.4 Å². The van der Waals surface area contributed by atoms with Crippen LogP contribution >= 0.6 is 11.6 Å². The zero-order chi connectivity index (χ0) is 8.82. The fourth-order valence-corrected chi connectivity index (χ4v) is 2.47. The van der Waals surface area contributed by atoms with Crippen LogP contribution in [0.3, 0.4) is 0 Å². The molecule has 0 aromatic rings. The summed E-state index contributed by atoms with van der Waals surface area (Å²) in [6.45, 7) is 1.78.